The summed E-state index contributed by atoms with van der Waals surface area (Å²) in [5.74, 6) is 0. The average Bonchev–Trinajstić information content (AvgIpc) is 2.97. The van der Waals surface area contributed by atoms with Gasteiger partial charge in [0.15, 0.2) is 0 Å². The van der Waals surface area contributed by atoms with E-state index in [0.29, 0.717) is 0 Å². The van der Waals surface area contributed by atoms with Crippen LogP contribution in [0.4, 0.5) is 0 Å². The first kappa shape index (κ1) is 7.22. The van der Waals surface area contributed by atoms with Crippen LogP contribution >= 0.6 is 11.8 Å². The molecule has 1 aliphatic heterocycles. The third-order valence-electron chi connectivity index (χ3n) is 2.23. The van der Waals surface area contributed by atoms with Gasteiger partial charge >= 0.3 is 0 Å². The minimum absolute atomic E-state index is 1.32. The fourth-order valence-electron chi connectivity index (χ4n) is 1.53. The van der Waals surface area contributed by atoms with Crippen molar-refractivity contribution in [2.24, 2.45) is 0 Å². The van der Waals surface area contributed by atoms with Crippen LogP contribution in [0.5, 0.6) is 0 Å². The Balaban J connectivity index is 2.18. The summed E-state index contributed by atoms with van der Waals surface area (Å²) < 4.78 is 0. The molecule has 62 valence electrons. The van der Waals surface area contributed by atoms with E-state index in [1.165, 1.54) is 20.9 Å². The van der Waals surface area contributed by atoms with Crippen molar-refractivity contribution in [1.82, 2.24) is 0 Å². The van der Waals surface area contributed by atoms with E-state index < -0.39 is 0 Å². The monoisotopic (exact) mass is 184 g/mol. The number of benzene rings is 2. The van der Waals surface area contributed by atoms with Crippen molar-refractivity contribution in [3.05, 3.63) is 48.5 Å². The molecule has 0 fully saturated rings. The first-order valence-corrected chi connectivity index (χ1v) is 5.13. The molecule has 0 saturated heterocycles. The van der Waals surface area contributed by atoms with Crippen LogP contribution in [0.25, 0.3) is 11.1 Å². The van der Waals surface area contributed by atoms with E-state index in [0.717, 1.165) is 0 Å². The molecular weight excluding hydrogens is 176 g/mol. The van der Waals surface area contributed by atoms with Gasteiger partial charge in [-0.3, -0.25) is 0 Å². The summed E-state index contributed by atoms with van der Waals surface area (Å²) >= 11 is 1.88. The molecule has 1 heterocycles. The molecule has 13 heavy (non-hydrogen) atoms. The van der Waals surface area contributed by atoms with Gasteiger partial charge < -0.3 is 0 Å². The van der Waals surface area contributed by atoms with E-state index in [4.69, 9.17) is 0 Å². The summed E-state index contributed by atoms with van der Waals surface area (Å²) in [5, 5.41) is 0. The number of hydrogen-bond donors (Lipinski definition) is 0. The van der Waals surface area contributed by atoms with Crippen LogP contribution in [0.2, 0.25) is 0 Å². The maximum Gasteiger partial charge on any atom is 0.0340 e. The highest BCUT2D eigenvalue weighted by Gasteiger charge is 2.21. The van der Waals surface area contributed by atoms with Gasteiger partial charge in [-0.25, -0.2) is 0 Å². The highest BCUT2D eigenvalue weighted by Crippen LogP contribution is 2.53. The normalized spacial score (nSPS) is 12.3. The fourth-order valence-corrected chi connectivity index (χ4v) is 2.32. The van der Waals surface area contributed by atoms with E-state index in [1.807, 2.05) is 11.8 Å². The van der Waals surface area contributed by atoms with Gasteiger partial charge in [-0.05, 0) is 17.2 Å². The van der Waals surface area contributed by atoms with Crippen LogP contribution in [0.15, 0.2) is 58.3 Å². The third-order valence-corrected chi connectivity index (χ3v) is 3.23. The average molecular weight is 184 g/mol. The summed E-state index contributed by atoms with van der Waals surface area (Å²) in [4.78, 5) is 2.88. The van der Waals surface area contributed by atoms with E-state index in [2.05, 4.69) is 48.5 Å². The Kier molecular flexibility index (Phi) is 1.47. The van der Waals surface area contributed by atoms with Crippen LogP contribution in [-0.2, 0) is 0 Å². The smallest absolute Gasteiger partial charge is 0.0340 e. The summed E-state index contributed by atoms with van der Waals surface area (Å²) in [6.45, 7) is 0. The van der Waals surface area contributed by atoms with Gasteiger partial charge in [0, 0.05) is 9.79 Å². The van der Waals surface area contributed by atoms with Crippen molar-refractivity contribution >= 4 is 11.8 Å². The van der Waals surface area contributed by atoms with Gasteiger partial charge in [-0.1, -0.05) is 54.2 Å². The first-order valence-electron chi connectivity index (χ1n) is 4.31. The Morgan fingerprint density at radius 1 is 0.769 bits per heavy atom. The topological polar surface area (TPSA) is 0 Å². The second kappa shape index (κ2) is 2.64. The summed E-state index contributed by atoms with van der Waals surface area (Å²) in [6.07, 6.45) is 0. The lowest BCUT2D eigenvalue weighted by molar-refractivity contribution is 1.37. The Morgan fingerprint density at radius 3 is 2.46 bits per heavy atom. The highest BCUT2D eigenvalue weighted by molar-refractivity contribution is 8.05. The molecule has 2 aromatic rings. The van der Waals surface area contributed by atoms with Gasteiger partial charge in [0.25, 0.3) is 0 Å². The van der Waals surface area contributed by atoms with E-state index in [-0.39, 0.29) is 0 Å². The molecule has 0 bridgehead atoms. The third kappa shape index (κ3) is 1.16. The largest absolute Gasteiger partial charge is 0.0870 e. The second-order valence-electron chi connectivity index (χ2n) is 3.10. The first-order chi connectivity index (χ1) is 6.45. The van der Waals surface area contributed by atoms with Gasteiger partial charge in [-0.2, -0.15) is 0 Å². The van der Waals surface area contributed by atoms with Crippen molar-refractivity contribution < 1.29 is 0 Å². The predicted molar refractivity (Wildman–Crippen MR) is 56.0 cm³/mol. The molecule has 0 atom stereocenters. The molecule has 0 aromatic heterocycles. The minimum atomic E-state index is 1.32. The molecule has 0 N–H and O–H groups in total. The van der Waals surface area contributed by atoms with Crippen molar-refractivity contribution in [3.63, 3.8) is 0 Å². The van der Waals surface area contributed by atoms with Crippen molar-refractivity contribution in [1.29, 1.82) is 0 Å². The lowest BCUT2D eigenvalue weighted by Gasteiger charge is -1.98. The molecule has 0 saturated carbocycles. The van der Waals surface area contributed by atoms with Crippen molar-refractivity contribution in [2.45, 2.75) is 9.79 Å². The highest BCUT2D eigenvalue weighted by atomic mass is 32.2. The standard InChI is InChI=1S/C12H8S/c1-2-5-9(6-3-1)10-7-4-8-11-12(10)13-11/h1-8H. The Bertz CT molecular complexity index is 446. The minimum Gasteiger partial charge on any atom is -0.0870 e. The molecule has 0 radical (unpaired) electrons. The van der Waals surface area contributed by atoms with Crippen molar-refractivity contribution in [3.8, 4) is 11.1 Å². The quantitative estimate of drug-likeness (QED) is 0.518. The van der Waals surface area contributed by atoms with Crippen LogP contribution < -0.4 is 0 Å². The van der Waals surface area contributed by atoms with Crippen LogP contribution in [-0.4, -0.2) is 0 Å². The lowest BCUT2D eigenvalue weighted by atomic mass is 10.1. The van der Waals surface area contributed by atoms with Gasteiger partial charge in [0.05, 0.1) is 0 Å². The second-order valence-corrected chi connectivity index (χ2v) is 4.15. The van der Waals surface area contributed by atoms with Crippen LogP contribution in [0.1, 0.15) is 0 Å². The zero-order valence-corrected chi connectivity index (χ0v) is 7.84. The molecule has 2 aromatic carbocycles. The summed E-state index contributed by atoms with van der Waals surface area (Å²) in [6, 6.07) is 17.0. The molecule has 0 aliphatic carbocycles. The maximum atomic E-state index is 2.19. The number of fused-ring (bicyclic) bond motifs is 1. The van der Waals surface area contributed by atoms with E-state index in [9.17, 15) is 0 Å². The van der Waals surface area contributed by atoms with Crippen LogP contribution in [0, 0.1) is 0 Å². The van der Waals surface area contributed by atoms with E-state index in [1.54, 1.807) is 0 Å². The zero-order chi connectivity index (χ0) is 8.67. The molecule has 1 heteroatoms. The zero-order valence-electron chi connectivity index (χ0n) is 7.03. The molecule has 3 rings (SSSR count). The predicted octanol–water partition coefficient (Wildman–Crippen LogP) is 3.82. The Hall–Kier alpha value is -1.21. The van der Waals surface area contributed by atoms with Crippen LogP contribution in [0.3, 0.4) is 0 Å². The maximum absolute atomic E-state index is 2.19. The molecule has 1 aliphatic rings. The molecule has 0 amide bonds. The Morgan fingerprint density at radius 2 is 1.62 bits per heavy atom. The fraction of sp³-hybridized carbons (Fsp3) is 0. The van der Waals surface area contributed by atoms with Gasteiger partial charge in [0.2, 0.25) is 0 Å². The molecule has 0 unspecified atom stereocenters. The molecule has 0 spiro atoms. The van der Waals surface area contributed by atoms with Crippen molar-refractivity contribution in [2.75, 3.05) is 0 Å². The summed E-state index contributed by atoms with van der Waals surface area (Å²) in [7, 11) is 0. The van der Waals surface area contributed by atoms with E-state index >= 15 is 0 Å². The molecule has 0 nitrogen and oxygen atoms in total. The SMILES string of the molecule is c1ccc(-c2cccc3c2S3)cc1. The number of hydrogen-bond acceptors (Lipinski definition) is 1. The molecular formula is C12H8S. The number of rotatable bonds is 1. The Labute approximate surface area is 81.6 Å². The lowest BCUT2D eigenvalue weighted by Crippen LogP contribution is -1.73. The summed E-state index contributed by atoms with van der Waals surface area (Å²) in [5.41, 5.74) is 2.70. The van der Waals surface area contributed by atoms with Gasteiger partial charge in [0.1, 0.15) is 0 Å². The van der Waals surface area contributed by atoms with Gasteiger partial charge in [-0.15, -0.1) is 0 Å².